The maximum Gasteiger partial charge on any atom is 0.206 e. The van der Waals surface area contributed by atoms with E-state index < -0.39 is 0 Å². The molecule has 1 atom stereocenters. The normalized spacial score (nSPS) is 21.2. The van der Waals surface area contributed by atoms with Gasteiger partial charge in [0.15, 0.2) is 0 Å². The summed E-state index contributed by atoms with van der Waals surface area (Å²) in [6.45, 7) is 1.60. The monoisotopic (exact) mass is 419 g/mol. The summed E-state index contributed by atoms with van der Waals surface area (Å²) in [4.78, 5) is 5.80. The summed E-state index contributed by atoms with van der Waals surface area (Å²) in [6.07, 6.45) is 7.24. The van der Waals surface area contributed by atoms with Gasteiger partial charge in [-0.25, -0.2) is 4.68 Å². The van der Waals surface area contributed by atoms with Crippen LogP contribution in [-0.4, -0.2) is 29.6 Å². The van der Waals surface area contributed by atoms with Gasteiger partial charge in [0, 0.05) is 27.7 Å². The molecular weight excluding hydrogens is 398 g/mol. The van der Waals surface area contributed by atoms with Gasteiger partial charge in [-0.05, 0) is 50.7 Å². The van der Waals surface area contributed by atoms with Crippen LogP contribution in [0.4, 0.5) is 0 Å². The number of hydrogen-bond donors (Lipinski definition) is 0. The topological polar surface area (TPSA) is 38.9 Å². The lowest BCUT2D eigenvalue weighted by Crippen LogP contribution is -2.18. The molecular formula is C19H22BrN3OS. The number of nitrogens with zero attached hydrogens (tertiary/aromatic N) is 3. The summed E-state index contributed by atoms with van der Waals surface area (Å²) < 4.78 is 8.84. The van der Waals surface area contributed by atoms with Crippen molar-refractivity contribution in [3.05, 3.63) is 38.9 Å². The Morgan fingerprint density at radius 2 is 1.96 bits per heavy atom. The van der Waals surface area contributed by atoms with Crippen LogP contribution in [0, 0.1) is 0 Å². The lowest BCUT2D eigenvalue weighted by Gasteiger charge is -2.07. The van der Waals surface area contributed by atoms with E-state index in [0.29, 0.717) is 0 Å². The van der Waals surface area contributed by atoms with Crippen LogP contribution in [-0.2, 0) is 4.74 Å². The van der Waals surface area contributed by atoms with E-state index in [2.05, 4.69) is 45.6 Å². The quantitative estimate of drug-likeness (QED) is 0.698. The molecule has 1 saturated carbocycles. The van der Waals surface area contributed by atoms with Crippen LogP contribution in [0.5, 0.6) is 0 Å². The first-order valence-electron chi connectivity index (χ1n) is 8.95. The fourth-order valence-corrected chi connectivity index (χ4v) is 4.42. The molecule has 2 aromatic rings. The van der Waals surface area contributed by atoms with Crippen molar-refractivity contribution in [2.45, 2.75) is 44.6 Å². The number of aromatic nitrogens is 1. The molecule has 0 bridgehead atoms. The van der Waals surface area contributed by atoms with Crippen LogP contribution < -0.4 is 4.80 Å². The van der Waals surface area contributed by atoms with Crippen molar-refractivity contribution in [3.8, 4) is 11.3 Å². The van der Waals surface area contributed by atoms with Gasteiger partial charge < -0.3 is 4.74 Å². The molecule has 1 aliphatic heterocycles. The van der Waals surface area contributed by atoms with E-state index in [4.69, 9.17) is 14.8 Å². The number of ether oxygens (including phenoxy) is 1. The summed E-state index contributed by atoms with van der Waals surface area (Å²) in [7, 11) is 0. The van der Waals surface area contributed by atoms with E-state index in [1.165, 1.54) is 24.1 Å². The third-order valence-corrected chi connectivity index (χ3v) is 6.08. The molecule has 1 saturated heterocycles. The molecule has 0 radical (unpaired) electrons. The Morgan fingerprint density at radius 1 is 1.16 bits per heavy atom. The van der Waals surface area contributed by atoms with E-state index in [0.717, 1.165) is 53.8 Å². The standard InChI is InChI=1S/C19H22BrN3OS/c20-15-9-7-14(8-10-15)18-13-25-19(21-12-17-6-3-11-24-17)23(18)22-16-4-1-2-5-16/h7-10,13,17H,1-6,11-12H2/t17-/m0/s1. The van der Waals surface area contributed by atoms with Gasteiger partial charge in [0.1, 0.15) is 0 Å². The van der Waals surface area contributed by atoms with Gasteiger partial charge in [-0.2, -0.15) is 5.10 Å². The number of rotatable bonds is 4. The van der Waals surface area contributed by atoms with Crippen LogP contribution in [0.25, 0.3) is 11.3 Å². The van der Waals surface area contributed by atoms with E-state index >= 15 is 0 Å². The predicted octanol–water partition coefficient (Wildman–Crippen LogP) is 4.84. The molecule has 1 aromatic carbocycles. The largest absolute Gasteiger partial charge is 0.376 e. The van der Waals surface area contributed by atoms with Crippen molar-refractivity contribution in [3.63, 3.8) is 0 Å². The average molecular weight is 420 g/mol. The minimum absolute atomic E-state index is 0.269. The summed E-state index contributed by atoms with van der Waals surface area (Å²) in [5, 5.41) is 7.12. The van der Waals surface area contributed by atoms with Crippen molar-refractivity contribution < 1.29 is 4.74 Å². The lowest BCUT2D eigenvalue weighted by atomic mass is 10.2. The third kappa shape index (κ3) is 4.13. The predicted molar refractivity (Wildman–Crippen MR) is 106 cm³/mol. The maximum atomic E-state index is 5.71. The molecule has 4 rings (SSSR count). The van der Waals surface area contributed by atoms with Crippen LogP contribution in [0.3, 0.4) is 0 Å². The number of thiazole rings is 1. The van der Waals surface area contributed by atoms with E-state index in [1.54, 1.807) is 11.3 Å². The molecule has 4 nitrogen and oxygen atoms in total. The highest BCUT2D eigenvalue weighted by Gasteiger charge is 2.16. The minimum Gasteiger partial charge on any atom is -0.376 e. The fourth-order valence-electron chi connectivity index (χ4n) is 3.32. The molecule has 0 unspecified atom stereocenters. The molecule has 0 N–H and O–H groups in total. The summed E-state index contributed by atoms with van der Waals surface area (Å²) >= 11 is 5.17. The number of benzene rings is 1. The minimum atomic E-state index is 0.269. The van der Waals surface area contributed by atoms with E-state index in [9.17, 15) is 0 Å². The lowest BCUT2D eigenvalue weighted by molar-refractivity contribution is 0.117. The van der Waals surface area contributed by atoms with Gasteiger partial charge in [-0.3, -0.25) is 4.99 Å². The Bertz CT molecular complexity index is 808. The highest BCUT2D eigenvalue weighted by Crippen LogP contribution is 2.24. The summed E-state index contributed by atoms with van der Waals surface area (Å²) in [5.41, 5.74) is 3.57. The molecule has 1 aromatic heterocycles. The van der Waals surface area contributed by atoms with Crippen LogP contribution in [0.1, 0.15) is 38.5 Å². The second kappa shape index (κ2) is 7.98. The van der Waals surface area contributed by atoms with Crippen molar-refractivity contribution in [2.75, 3.05) is 13.2 Å². The average Bonchev–Trinajstić information content (AvgIpc) is 3.37. The van der Waals surface area contributed by atoms with Gasteiger partial charge in [0.2, 0.25) is 4.80 Å². The van der Waals surface area contributed by atoms with Gasteiger partial charge in [0.25, 0.3) is 0 Å². The Morgan fingerprint density at radius 3 is 2.68 bits per heavy atom. The number of hydrogen-bond acceptors (Lipinski definition) is 4. The smallest absolute Gasteiger partial charge is 0.206 e. The molecule has 0 spiro atoms. The Labute approximate surface area is 160 Å². The van der Waals surface area contributed by atoms with Gasteiger partial charge in [-0.15, -0.1) is 11.3 Å². The van der Waals surface area contributed by atoms with Gasteiger partial charge >= 0.3 is 0 Å². The summed E-state index contributed by atoms with van der Waals surface area (Å²) in [5.74, 6) is 0. The molecule has 132 valence electrons. The number of halogens is 1. The molecule has 6 heteroatoms. The fraction of sp³-hybridized carbons (Fsp3) is 0.474. The molecule has 2 heterocycles. The highest BCUT2D eigenvalue weighted by molar-refractivity contribution is 9.10. The first-order chi connectivity index (χ1) is 12.3. The Balaban J connectivity index is 1.71. The second-order valence-corrected chi connectivity index (χ2v) is 8.32. The molecule has 1 aliphatic carbocycles. The Hall–Kier alpha value is -1.24. The zero-order chi connectivity index (χ0) is 17.1. The SMILES string of the molecule is Brc1ccc(-c2csc(=NC[C@@H]3CCCO3)n2N=C2CCCC2)cc1. The maximum absolute atomic E-state index is 5.71. The zero-order valence-corrected chi connectivity index (χ0v) is 16.6. The van der Waals surface area contributed by atoms with Crippen molar-refractivity contribution in [1.82, 2.24) is 4.68 Å². The molecule has 2 aliphatic rings. The third-order valence-electron chi connectivity index (χ3n) is 4.70. The first-order valence-corrected chi connectivity index (χ1v) is 10.6. The summed E-state index contributed by atoms with van der Waals surface area (Å²) in [6, 6.07) is 8.40. The van der Waals surface area contributed by atoms with Crippen molar-refractivity contribution >= 4 is 33.0 Å². The molecule has 2 fully saturated rings. The van der Waals surface area contributed by atoms with Crippen LogP contribution >= 0.6 is 27.3 Å². The van der Waals surface area contributed by atoms with Crippen molar-refractivity contribution in [2.24, 2.45) is 10.1 Å². The van der Waals surface area contributed by atoms with Gasteiger partial charge in [-0.1, -0.05) is 28.1 Å². The highest BCUT2D eigenvalue weighted by atomic mass is 79.9. The van der Waals surface area contributed by atoms with Crippen LogP contribution in [0.15, 0.2) is 44.2 Å². The van der Waals surface area contributed by atoms with Gasteiger partial charge in [0.05, 0.1) is 18.3 Å². The van der Waals surface area contributed by atoms with Crippen molar-refractivity contribution in [1.29, 1.82) is 0 Å². The van der Waals surface area contributed by atoms with Crippen LogP contribution in [0.2, 0.25) is 0 Å². The van der Waals surface area contributed by atoms with E-state index in [-0.39, 0.29) is 6.10 Å². The first kappa shape index (κ1) is 17.2. The zero-order valence-electron chi connectivity index (χ0n) is 14.2. The molecule has 25 heavy (non-hydrogen) atoms. The Kier molecular flexibility index (Phi) is 5.48. The second-order valence-electron chi connectivity index (χ2n) is 6.57. The molecule has 0 amide bonds. The van der Waals surface area contributed by atoms with E-state index in [1.807, 2.05) is 4.68 Å².